The molecule has 4 heterocycles. The van der Waals surface area contributed by atoms with Crippen molar-refractivity contribution in [1.29, 1.82) is 0 Å². The zero-order valence-electron chi connectivity index (χ0n) is 15.3. The van der Waals surface area contributed by atoms with Crippen LogP contribution in [-0.2, 0) is 19.6 Å². The summed E-state index contributed by atoms with van der Waals surface area (Å²) in [5, 5.41) is 0. The number of benzene rings is 1. The normalized spacial score (nSPS) is 21.0. The molecule has 1 aromatic carbocycles. The summed E-state index contributed by atoms with van der Waals surface area (Å²) in [5.74, 6) is 0.907. The molecule has 0 radical (unpaired) electrons. The molecule has 2 atom stereocenters. The first-order chi connectivity index (χ1) is 13.4. The summed E-state index contributed by atoms with van der Waals surface area (Å²) >= 11 is 0. The van der Waals surface area contributed by atoms with Gasteiger partial charge in [0, 0.05) is 43.1 Å². The molecule has 136 valence electrons. The molecule has 0 saturated carbocycles. The van der Waals surface area contributed by atoms with E-state index in [1.165, 1.54) is 29.7 Å². The average Bonchev–Trinajstić information content (AvgIpc) is 2.99. The molecule has 5 rings (SSSR count). The van der Waals surface area contributed by atoms with E-state index < -0.39 is 0 Å². The molecule has 0 N–H and O–H groups in total. The van der Waals surface area contributed by atoms with E-state index in [0.29, 0.717) is 18.7 Å². The van der Waals surface area contributed by atoms with Crippen molar-refractivity contribution in [1.82, 2.24) is 14.9 Å². The van der Waals surface area contributed by atoms with Gasteiger partial charge in [0.2, 0.25) is 0 Å². The lowest BCUT2D eigenvalue weighted by Crippen LogP contribution is -2.37. The van der Waals surface area contributed by atoms with Crippen LogP contribution in [0.2, 0.25) is 0 Å². The van der Waals surface area contributed by atoms with Gasteiger partial charge in [0.15, 0.2) is 0 Å². The van der Waals surface area contributed by atoms with Gasteiger partial charge in [-0.3, -0.25) is 14.9 Å². The Labute approximate surface area is 159 Å². The smallest absolute Gasteiger partial charge is 0.130 e. The number of nitrogens with zero attached hydrogens (tertiary/aromatic N) is 3. The van der Waals surface area contributed by atoms with Gasteiger partial charge >= 0.3 is 0 Å². The predicted octanol–water partition coefficient (Wildman–Crippen LogP) is 4.32. The van der Waals surface area contributed by atoms with Crippen LogP contribution in [0.15, 0.2) is 67.0 Å². The van der Waals surface area contributed by atoms with Crippen LogP contribution in [0, 0.1) is 0 Å². The Balaban J connectivity index is 1.30. The Morgan fingerprint density at radius 2 is 1.93 bits per heavy atom. The summed E-state index contributed by atoms with van der Waals surface area (Å²) in [6.45, 7) is 1.46. The molecule has 4 heteroatoms. The molecule has 4 nitrogen and oxygen atoms in total. The van der Waals surface area contributed by atoms with E-state index in [2.05, 4.69) is 45.2 Å². The third kappa shape index (κ3) is 3.33. The number of ether oxygens (including phenoxy) is 1. The van der Waals surface area contributed by atoms with Gasteiger partial charge in [-0.25, -0.2) is 0 Å². The molecule has 2 aliphatic heterocycles. The zero-order valence-corrected chi connectivity index (χ0v) is 15.3. The third-order valence-corrected chi connectivity index (χ3v) is 5.73. The molecule has 0 amide bonds. The molecule has 2 aliphatic rings. The van der Waals surface area contributed by atoms with Crippen LogP contribution in [0.1, 0.15) is 41.4 Å². The van der Waals surface area contributed by atoms with E-state index in [-0.39, 0.29) is 0 Å². The largest absolute Gasteiger partial charge is 0.487 e. The standard InChI is InChI=1S/C23H23N3O/c1-2-11-24-18(6-1)16-27-20-7-3-5-17(13-20)15-26-19-9-10-23(26)21-8-4-12-25-22(21)14-19/h1-8,11-13,19,23H,9-10,14-16H2/t19-,23+/m0/s1. The highest BCUT2D eigenvalue weighted by Gasteiger charge is 2.40. The minimum atomic E-state index is 0.498. The van der Waals surface area contributed by atoms with Crippen LogP contribution < -0.4 is 4.74 Å². The second-order valence-corrected chi connectivity index (χ2v) is 7.42. The molecular weight excluding hydrogens is 334 g/mol. The number of fused-ring (bicyclic) bond motifs is 4. The third-order valence-electron chi connectivity index (χ3n) is 5.73. The minimum Gasteiger partial charge on any atom is -0.487 e. The first-order valence-electron chi connectivity index (χ1n) is 9.68. The molecule has 0 unspecified atom stereocenters. The second kappa shape index (κ2) is 7.12. The maximum atomic E-state index is 5.96. The summed E-state index contributed by atoms with van der Waals surface area (Å²) in [7, 11) is 0. The SMILES string of the molecule is c1ccc(COc2cccc(CN3[C@H]4CC[C@@H]3c3cccnc3C4)c2)nc1. The molecule has 2 aromatic heterocycles. The predicted molar refractivity (Wildman–Crippen MR) is 104 cm³/mol. The van der Waals surface area contributed by atoms with Crippen molar-refractivity contribution in [2.24, 2.45) is 0 Å². The fourth-order valence-corrected chi connectivity index (χ4v) is 4.46. The van der Waals surface area contributed by atoms with Crippen molar-refractivity contribution in [3.8, 4) is 5.75 Å². The molecule has 27 heavy (non-hydrogen) atoms. The average molecular weight is 357 g/mol. The first kappa shape index (κ1) is 16.5. The lowest BCUT2D eigenvalue weighted by Gasteiger charge is -2.35. The van der Waals surface area contributed by atoms with Crippen molar-refractivity contribution in [2.45, 2.75) is 44.5 Å². The number of pyridine rings is 2. The van der Waals surface area contributed by atoms with E-state index >= 15 is 0 Å². The van der Waals surface area contributed by atoms with Gasteiger partial charge in [0.25, 0.3) is 0 Å². The van der Waals surface area contributed by atoms with Crippen LogP contribution in [0.25, 0.3) is 0 Å². The lowest BCUT2D eigenvalue weighted by molar-refractivity contribution is 0.166. The molecule has 0 spiro atoms. The van der Waals surface area contributed by atoms with E-state index in [9.17, 15) is 0 Å². The molecule has 1 saturated heterocycles. The maximum Gasteiger partial charge on any atom is 0.130 e. The topological polar surface area (TPSA) is 38.2 Å². The van der Waals surface area contributed by atoms with Gasteiger partial charge in [-0.1, -0.05) is 24.3 Å². The minimum absolute atomic E-state index is 0.498. The van der Waals surface area contributed by atoms with Crippen molar-refractivity contribution in [3.05, 3.63) is 89.5 Å². The van der Waals surface area contributed by atoms with Crippen molar-refractivity contribution < 1.29 is 4.74 Å². The fourth-order valence-electron chi connectivity index (χ4n) is 4.46. The Hall–Kier alpha value is -2.72. The number of aromatic nitrogens is 2. The Bertz CT molecular complexity index is 928. The molecule has 2 bridgehead atoms. The highest BCUT2D eigenvalue weighted by molar-refractivity contribution is 5.32. The quantitative estimate of drug-likeness (QED) is 0.682. The van der Waals surface area contributed by atoms with Gasteiger partial charge in [-0.05, 0) is 54.3 Å². The Morgan fingerprint density at radius 3 is 2.85 bits per heavy atom. The summed E-state index contributed by atoms with van der Waals surface area (Å²) in [5.41, 5.74) is 4.97. The number of rotatable bonds is 5. The number of hydrogen-bond acceptors (Lipinski definition) is 4. The van der Waals surface area contributed by atoms with Gasteiger partial charge in [-0.2, -0.15) is 0 Å². The van der Waals surface area contributed by atoms with Crippen molar-refractivity contribution in [3.63, 3.8) is 0 Å². The van der Waals surface area contributed by atoms with E-state index in [1.807, 2.05) is 30.5 Å². The monoisotopic (exact) mass is 357 g/mol. The summed E-state index contributed by atoms with van der Waals surface area (Å²) in [4.78, 5) is 11.6. The Kier molecular flexibility index (Phi) is 4.34. The van der Waals surface area contributed by atoms with Gasteiger partial charge in [0.05, 0.1) is 5.69 Å². The summed E-state index contributed by atoms with van der Waals surface area (Å²) in [6.07, 6.45) is 7.29. The molecule has 3 aromatic rings. The van der Waals surface area contributed by atoms with Crippen LogP contribution in [0.4, 0.5) is 0 Å². The van der Waals surface area contributed by atoms with Crippen LogP contribution in [0.3, 0.4) is 0 Å². The van der Waals surface area contributed by atoms with Crippen LogP contribution in [-0.4, -0.2) is 20.9 Å². The van der Waals surface area contributed by atoms with Gasteiger partial charge in [0.1, 0.15) is 12.4 Å². The molecule has 1 fully saturated rings. The van der Waals surface area contributed by atoms with Gasteiger partial charge < -0.3 is 4.74 Å². The zero-order chi connectivity index (χ0) is 18.1. The fraction of sp³-hybridized carbons (Fsp3) is 0.304. The first-order valence-corrected chi connectivity index (χ1v) is 9.68. The highest BCUT2D eigenvalue weighted by Crippen LogP contribution is 2.43. The van der Waals surface area contributed by atoms with E-state index in [4.69, 9.17) is 4.74 Å². The lowest BCUT2D eigenvalue weighted by atomic mass is 9.97. The van der Waals surface area contributed by atoms with Crippen molar-refractivity contribution in [2.75, 3.05) is 0 Å². The summed E-state index contributed by atoms with van der Waals surface area (Å²) < 4.78 is 5.96. The molecule has 0 aliphatic carbocycles. The van der Waals surface area contributed by atoms with Crippen LogP contribution >= 0.6 is 0 Å². The second-order valence-electron chi connectivity index (χ2n) is 7.42. The van der Waals surface area contributed by atoms with Crippen LogP contribution in [0.5, 0.6) is 5.75 Å². The molecular formula is C23H23N3O. The Morgan fingerprint density at radius 1 is 0.963 bits per heavy atom. The van der Waals surface area contributed by atoms with Crippen molar-refractivity contribution >= 4 is 0 Å². The maximum absolute atomic E-state index is 5.96. The van der Waals surface area contributed by atoms with E-state index in [0.717, 1.165) is 24.4 Å². The highest BCUT2D eigenvalue weighted by atomic mass is 16.5. The number of hydrogen-bond donors (Lipinski definition) is 0. The summed E-state index contributed by atoms with van der Waals surface area (Å²) in [6, 6.07) is 19.8. The van der Waals surface area contributed by atoms with E-state index in [1.54, 1.807) is 6.20 Å². The van der Waals surface area contributed by atoms with Gasteiger partial charge in [-0.15, -0.1) is 0 Å².